The van der Waals surface area contributed by atoms with Gasteiger partial charge >= 0.3 is 0 Å². The Labute approximate surface area is 114 Å². The highest BCUT2D eigenvalue weighted by Gasteiger charge is 2.42. The summed E-state index contributed by atoms with van der Waals surface area (Å²) in [7, 11) is 6.62. The average Bonchev–Trinajstić information content (AvgIpc) is 2.29. The van der Waals surface area contributed by atoms with Crippen molar-refractivity contribution in [1.82, 2.24) is 10.2 Å². The van der Waals surface area contributed by atoms with Crippen LogP contribution in [0.25, 0.3) is 0 Å². The standard InChI is InChI=1S/C16H32N2/c1-13(2)9-10-15(17-4)16(18(5)6)11-7-8-14(3)12-16/h14-15,17H,1,7-12H2,2-6H3. The Hall–Kier alpha value is -0.340. The molecule has 1 N–H and O–H groups in total. The molecule has 0 bridgehead atoms. The second kappa shape index (κ2) is 6.72. The second-order valence-electron chi connectivity index (χ2n) is 6.54. The summed E-state index contributed by atoms with van der Waals surface area (Å²) < 4.78 is 0. The largest absolute Gasteiger partial charge is 0.315 e. The predicted octanol–water partition coefficient (Wildman–Crippen LogP) is 3.44. The molecular weight excluding hydrogens is 220 g/mol. The molecule has 1 saturated carbocycles. The lowest BCUT2D eigenvalue weighted by Gasteiger charge is -2.50. The third-order valence-corrected chi connectivity index (χ3v) is 4.76. The van der Waals surface area contributed by atoms with E-state index in [2.05, 4.69) is 51.8 Å². The number of nitrogens with one attached hydrogen (secondary N) is 1. The Kier molecular flexibility index (Phi) is 5.87. The first kappa shape index (κ1) is 15.7. The normalized spacial score (nSPS) is 30.4. The van der Waals surface area contributed by atoms with Gasteiger partial charge in [0.25, 0.3) is 0 Å². The summed E-state index contributed by atoms with van der Waals surface area (Å²) in [6.07, 6.45) is 7.75. The van der Waals surface area contributed by atoms with Crippen molar-refractivity contribution >= 4 is 0 Å². The maximum atomic E-state index is 4.05. The first-order valence-corrected chi connectivity index (χ1v) is 7.41. The summed E-state index contributed by atoms with van der Waals surface area (Å²) in [4.78, 5) is 2.47. The highest BCUT2D eigenvalue weighted by Crippen LogP contribution is 2.39. The van der Waals surface area contributed by atoms with Gasteiger partial charge in [-0.2, -0.15) is 0 Å². The third kappa shape index (κ3) is 3.58. The lowest BCUT2D eigenvalue weighted by atomic mass is 9.70. The molecule has 3 atom stereocenters. The van der Waals surface area contributed by atoms with Crippen LogP contribution in [0.5, 0.6) is 0 Å². The van der Waals surface area contributed by atoms with Crippen LogP contribution in [-0.4, -0.2) is 37.6 Å². The van der Waals surface area contributed by atoms with Gasteiger partial charge in [-0.1, -0.05) is 25.3 Å². The van der Waals surface area contributed by atoms with E-state index in [4.69, 9.17) is 0 Å². The molecule has 0 radical (unpaired) electrons. The summed E-state index contributed by atoms with van der Waals surface area (Å²) in [6.45, 7) is 8.59. The smallest absolute Gasteiger partial charge is 0.0358 e. The van der Waals surface area contributed by atoms with Crippen molar-refractivity contribution in [2.75, 3.05) is 21.1 Å². The van der Waals surface area contributed by atoms with Gasteiger partial charge in [-0.3, -0.25) is 0 Å². The SMILES string of the molecule is C=C(C)CCC(NC)C1(N(C)C)CCCC(C)C1. The second-order valence-corrected chi connectivity index (χ2v) is 6.54. The van der Waals surface area contributed by atoms with E-state index in [1.54, 1.807) is 0 Å². The summed E-state index contributed by atoms with van der Waals surface area (Å²) in [6, 6.07) is 0.576. The van der Waals surface area contributed by atoms with E-state index in [-0.39, 0.29) is 0 Å². The van der Waals surface area contributed by atoms with Crippen molar-refractivity contribution in [3.8, 4) is 0 Å². The van der Waals surface area contributed by atoms with Crippen molar-refractivity contribution in [3.63, 3.8) is 0 Å². The van der Waals surface area contributed by atoms with E-state index in [1.807, 2.05) is 0 Å². The molecule has 0 amide bonds. The zero-order chi connectivity index (χ0) is 13.8. The van der Waals surface area contributed by atoms with Crippen LogP contribution < -0.4 is 5.32 Å². The molecule has 0 spiro atoms. The van der Waals surface area contributed by atoms with Crippen LogP contribution in [0.2, 0.25) is 0 Å². The molecule has 106 valence electrons. The van der Waals surface area contributed by atoms with Crippen LogP contribution in [-0.2, 0) is 0 Å². The highest BCUT2D eigenvalue weighted by molar-refractivity contribution is 5.03. The fraction of sp³-hybridized carbons (Fsp3) is 0.875. The molecule has 0 aliphatic heterocycles. The lowest BCUT2D eigenvalue weighted by Crippen LogP contribution is -2.60. The number of rotatable bonds is 6. The Balaban J connectivity index is 2.82. The van der Waals surface area contributed by atoms with Crippen molar-refractivity contribution < 1.29 is 0 Å². The quantitative estimate of drug-likeness (QED) is 0.729. The van der Waals surface area contributed by atoms with E-state index >= 15 is 0 Å². The van der Waals surface area contributed by atoms with Crippen molar-refractivity contribution in [2.45, 2.75) is 64.0 Å². The van der Waals surface area contributed by atoms with Gasteiger partial charge in [-0.25, -0.2) is 0 Å². The Morgan fingerprint density at radius 1 is 1.50 bits per heavy atom. The van der Waals surface area contributed by atoms with E-state index < -0.39 is 0 Å². The molecule has 1 aliphatic carbocycles. The van der Waals surface area contributed by atoms with Crippen molar-refractivity contribution in [3.05, 3.63) is 12.2 Å². The van der Waals surface area contributed by atoms with Gasteiger partial charge in [-0.15, -0.1) is 6.58 Å². The molecule has 18 heavy (non-hydrogen) atoms. The first-order chi connectivity index (χ1) is 8.42. The van der Waals surface area contributed by atoms with Crippen LogP contribution >= 0.6 is 0 Å². The first-order valence-electron chi connectivity index (χ1n) is 7.41. The van der Waals surface area contributed by atoms with Gasteiger partial charge in [0.05, 0.1) is 0 Å². The topological polar surface area (TPSA) is 15.3 Å². The van der Waals surface area contributed by atoms with Crippen LogP contribution in [0, 0.1) is 5.92 Å². The molecule has 0 aromatic heterocycles. The monoisotopic (exact) mass is 252 g/mol. The zero-order valence-corrected chi connectivity index (χ0v) is 13.1. The molecular formula is C16H32N2. The van der Waals surface area contributed by atoms with Crippen LogP contribution in [0.1, 0.15) is 52.4 Å². The number of nitrogens with zero attached hydrogens (tertiary/aromatic N) is 1. The summed E-state index contributed by atoms with van der Waals surface area (Å²) in [5.74, 6) is 0.849. The van der Waals surface area contributed by atoms with E-state index in [1.165, 1.54) is 37.7 Å². The predicted molar refractivity (Wildman–Crippen MR) is 80.9 cm³/mol. The van der Waals surface area contributed by atoms with Crippen LogP contribution in [0.3, 0.4) is 0 Å². The fourth-order valence-electron chi connectivity index (χ4n) is 3.67. The number of allylic oxidation sites excluding steroid dienone is 1. The van der Waals surface area contributed by atoms with Gasteiger partial charge in [-0.05, 0) is 59.7 Å². The van der Waals surface area contributed by atoms with Crippen molar-refractivity contribution in [1.29, 1.82) is 0 Å². The van der Waals surface area contributed by atoms with Gasteiger partial charge in [0.2, 0.25) is 0 Å². The molecule has 0 aromatic carbocycles. The lowest BCUT2D eigenvalue weighted by molar-refractivity contribution is 0.0370. The molecule has 1 rings (SSSR count). The van der Waals surface area contributed by atoms with Gasteiger partial charge in [0.15, 0.2) is 0 Å². The van der Waals surface area contributed by atoms with E-state index in [0.29, 0.717) is 11.6 Å². The third-order valence-electron chi connectivity index (χ3n) is 4.76. The molecule has 0 saturated heterocycles. The molecule has 0 aromatic rings. The average molecular weight is 252 g/mol. The van der Waals surface area contributed by atoms with Gasteiger partial charge < -0.3 is 10.2 Å². The minimum atomic E-state index is 0.335. The van der Waals surface area contributed by atoms with E-state index in [9.17, 15) is 0 Å². The Morgan fingerprint density at radius 3 is 2.61 bits per heavy atom. The van der Waals surface area contributed by atoms with Gasteiger partial charge in [0, 0.05) is 11.6 Å². The number of likely N-dealkylation sites (N-methyl/N-ethyl adjacent to an activating group) is 2. The Morgan fingerprint density at radius 2 is 2.17 bits per heavy atom. The molecule has 1 aliphatic rings. The highest BCUT2D eigenvalue weighted by atomic mass is 15.2. The van der Waals surface area contributed by atoms with E-state index in [0.717, 1.165) is 12.3 Å². The number of hydrogen-bond donors (Lipinski definition) is 1. The van der Waals surface area contributed by atoms with Crippen LogP contribution in [0.15, 0.2) is 12.2 Å². The van der Waals surface area contributed by atoms with Crippen LogP contribution in [0.4, 0.5) is 0 Å². The fourth-order valence-corrected chi connectivity index (χ4v) is 3.67. The summed E-state index contributed by atoms with van der Waals surface area (Å²) in [5.41, 5.74) is 1.63. The zero-order valence-electron chi connectivity index (χ0n) is 13.1. The minimum absolute atomic E-state index is 0.335. The van der Waals surface area contributed by atoms with Crippen molar-refractivity contribution in [2.24, 2.45) is 5.92 Å². The molecule has 0 heterocycles. The maximum absolute atomic E-state index is 4.05. The number of hydrogen-bond acceptors (Lipinski definition) is 2. The minimum Gasteiger partial charge on any atom is -0.315 e. The molecule has 3 unspecified atom stereocenters. The summed E-state index contributed by atoms with van der Waals surface area (Å²) >= 11 is 0. The molecule has 2 heteroatoms. The maximum Gasteiger partial charge on any atom is 0.0358 e. The van der Waals surface area contributed by atoms with Gasteiger partial charge in [0.1, 0.15) is 0 Å². The summed E-state index contributed by atoms with van der Waals surface area (Å²) in [5, 5.41) is 3.59. The molecule has 2 nitrogen and oxygen atoms in total. The molecule has 1 fully saturated rings. The Bertz CT molecular complexity index is 272.